The molecule has 10 nitrogen and oxygen atoms in total. The lowest BCUT2D eigenvalue weighted by molar-refractivity contribution is -0.790. The van der Waals surface area contributed by atoms with Gasteiger partial charge in [0.15, 0.2) is 0 Å². The third-order valence-electron chi connectivity index (χ3n) is 4.98. The van der Waals surface area contributed by atoms with Crippen molar-refractivity contribution in [1.82, 2.24) is 0 Å². The summed E-state index contributed by atoms with van der Waals surface area (Å²) in [5.74, 6) is 0.288. The monoisotopic (exact) mass is 434 g/mol. The smallest absolute Gasteiger partial charge is 0.294 e. The first-order valence-electron chi connectivity index (χ1n) is 9.99. The molecule has 10 heteroatoms. The fourth-order valence-corrected chi connectivity index (χ4v) is 3.37. The van der Waals surface area contributed by atoms with Crippen LogP contribution < -0.4 is 0 Å². The minimum Gasteiger partial charge on any atom is -0.507 e. The highest BCUT2D eigenvalue weighted by Crippen LogP contribution is 2.39. The average molecular weight is 434 g/mol. The van der Waals surface area contributed by atoms with Gasteiger partial charge >= 0.3 is 0 Å². The van der Waals surface area contributed by atoms with E-state index >= 15 is 0 Å². The molecule has 0 aliphatic heterocycles. The zero-order chi connectivity index (χ0) is 22.8. The van der Waals surface area contributed by atoms with Crippen LogP contribution in [0.4, 0.5) is 0 Å². The van der Waals surface area contributed by atoms with E-state index in [9.17, 15) is 30.4 Å². The summed E-state index contributed by atoms with van der Waals surface area (Å²) in [5, 5.41) is 40.8. The molecule has 2 aromatic carbocycles. The van der Waals surface area contributed by atoms with E-state index in [0.29, 0.717) is 28.3 Å². The maximum atomic E-state index is 10.5. The minimum atomic E-state index is -1.00. The van der Waals surface area contributed by atoms with Gasteiger partial charge in [0.2, 0.25) is 0 Å². The van der Waals surface area contributed by atoms with Crippen molar-refractivity contribution in [2.45, 2.75) is 51.6 Å². The summed E-state index contributed by atoms with van der Waals surface area (Å²) in [4.78, 5) is 29.2. The largest absolute Gasteiger partial charge is 0.507 e. The molecule has 0 saturated heterocycles. The van der Waals surface area contributed by atoms with Gasteiger partial charge in [0.25, 0.3) is 10.2 Å². The molecule has 0 aliphatic rings. The second-order valence-electron chi connectivity index (χ2n) is 7.15. The van der Waals surface area contributed by atoms with Gasteiger partial charge in [-0.15, -0.1) is 20.2 Å². The molecule has 0 bridgehead atoms. The molecule has 168 valence electrons. The van der Waals surface area contributed by atoms with Crippen LogP contribution in [0.25, 0.3) is 16.8 Å². The molecule has 0 fully saturated rings. The van der Waals surface area contributed by atoms with Crippen molar-refractivity contribution in [3.8, 4) is 11.5 Å². The number of benzene rings is 2. The van der Waals surface area contributed by atoms with Crippen molar-refractivity contribution in [3.05, 3.63) is 61.7 Å². The lowest BCUT2D eigenvalue weighted by atomic mass is 9.98. The van der Waals surface area contributed by atoms with Gasteiger partial charge in [-0.1, -0.05) is 55.7 Å². The zero-order valence-corrected chi connectivity index (χ0v) is 17.2. The molecule has 0 amide bonds. The van der Waals surface area contributed by atoms with Gasteiger partial charge in [-0.25, -0.2) is 0 Å². The van der Waals surface area contributed by atoms with Crippen LogP contribution in [-0.4, -0.2) is 33.1 Å². The van der Waals surface area contributed by atoms with E-state index in [1.807, 2.05) is 6.08 Å². The number of unbranched alkanes of at least 4 members (excludes halogenated alkanes) is 4. The summed E-state index contributed by atoms with van der Waals surface area (Å²) in [6, 6.07) is 7.12. The van der Waals surface area contributed by atoms with E-state index < -0.39 is 22.9 Å². The Balaban J connectivity index is 1.79. The Morgan fingerprint density at radius 1 is 1.00 bits per heavy atom. The Morgan fingerprint density at radius 3 is 2.29 bits per heavy atom. The minimum absolute atomic E-state index is 0.135. The van der Waals surface area contributed by atoms with Crippen LogP contribution >= 0.6 is 0 Å². The predicted octanol–water partition coefficient (Wildman–Crippen LogP) is 4.70. The highest BCUT2D eigenvalue weighted by Gasteiger charge is 2.15. The SMILES string of the molecule is Cc1c(C=CCCCCCCC(CO[N+](=O)[O-])O[N+](=O)[O-])c(O)c2ccccc2c1O. The molecular formula is C21H26N2O8. The van der Waals surface area contributed by atoms with Crippen LogP contribution in [0.15, 0.2) is 30.3 Å². The Labute approximate surface area is 178 Å². The molecule has 1 unspecified atom stereocenters. The van der Waals surface area contributed by atoms with Crippen LogP contribution in [0, 0.1) is 27.2 Å². The topological polar surface area (TPSA) is 145 Å². The first-order valence-corrected chi connectivity index (χ1v) is 9.99. The number of fused-ring (bicyclic) bond motifs is 1. The maximum absolute atomic E-state index is 10.5. The predicted molar refractivity (Wildman–Crippen MR) is 114 cm³/mol. The van der Waals surface area contributed by atoms with Crippen LogP contribution in [0.1, 0.15) is 49.7 Å². The Hall–Kier alpha value is -3.56. The summed E-state index contributed by atoms with van der Waals surface area (Å²) < 4.78 is 0. The van der Waals surface area contributed by atoms with Gasteiger partial charge in [0.1, 0.15) is 24.2 Å². The normalized spacial score (nSPS) is 12.2. The zero-order valence-electron chi connectivity index (χ0n) is 17.2. The third-order valence-corrected chi connectivity index (χ3v) is 4.98. The number of phenolic OH excluding ortho intramolecular Hbond substituents is 2. The number of nitrogens with zero attached hydrogens (tertiary/aromatic N) is 2. The molecule has 1 atom stereocenters. The molecule has 0 heterocycles. The van der Waals surface area contributed by atoms with Crippen LogP contribution in [0.5, 0.6) is 11.5 Å². The quantitative estimate of drug-likeness (QED) is 0.200. The van der Waals surface area contributed by atoms with E-state index in [4.69, 9.17) is 0 Å². The first kappa shape index (κ1) is 23.7. The summed E-state index contributed by atoms with van der Waals surface area (Å²) in [6.45, 7) is 1.28. The third kappa shape index (κ3) is 7.02. The molecule has 2 aromatic rings. The van der Waals surface area contributed by atoms with Gasteiger partial charge in [-0.2, -0.15) is 0 Å². The fraction of sp³-hybridized carbons (Fsp3) is 0.429. The summed E-state index contributed by atoms with van der Waals surface area (Å²) in [6.07, 6.45) is 6.92. The molecule has 0 aliphatic carbocycles. The van der Waals surface area contributed by atoms with Crippen molar-refractivity contribution in [2.75, 3.05) is 6.61 Å². The van der Waals surface area contributed by atoms with Crippen LogP contribution in [0.2, 0.25) is 0 Å². The van der Waals surface area contributed by atoms with Crippen molar-refractivity contribution in [1.29, 1.82) is 0 Å². The van der Waals surface area contributed by atoms with Crippen LogP contribution in [-0.2, 0) is 9.68 Å². The summed E-state index contributed by atoms with van der Waals surface area (Å²) >= 11 is 0. The van der Waals surface area contributed by atoms with E-state index in [2.05, 4.69) is 9.68 Å². The van der Waals surface area contributed by atoms with E-state index in [-0.39, 0.29) is 17.9 Å². The maximum Gasteiger partial charge on any atom is 0.294 e. The summed E-state index contributed by atoms with van der Waals surface area (Å²) in [7, 11) is 0. The van der Waals surface area contributed by atoms with Crippen molar-refractivity contribution in [2.24, 2.45) is 0 Å². The fourth-order valence-electron chi connectivity index (χ4n) is 3.37. The molecule has 0 radical (unpaired) electrons. The van der Waals surface area contributed by atoms with E-state index in [0.717, 1.165) is 25.7 Å². The van der Waals surface area contributed by atoms with E-state index in [1.165, 1.54) is 0 Å². The second-order valence-corrected chi connectivity index (χ2v) is 7.15. The van der Waals surface area contributed by atoms with Crippen molar-refractivity contribution >= 4 is 16.8 Å². The van der Waals surface area contributed by atoms with Gasteiger partial charge < -0.3 is 19.9 Å². The lowest BCUT2D eigenvalue weighted by Gasteiger charge is -2.13. The van der Waals surface area contributed by atoms with Gasteiger partial charge in [0, 0.05) is 21.9 Å². The average Bonchev–Trinajstić information content (AvgIpc) is 2.73. The standard InChI is InChI=1S/C21H26N2O8/c1-15-17(21(25)19-13-9-8-12-18(19)20(15)24)11-7-5-3-2-4-6-10-16(31-23(28)29)14-30-22(26)27/h7-9,11-13,16,24-25H,2-6,10,14H2,1H3. The van der Waals surface area contributed by atoms with Crippen LogP contribution in [0.3, 0.4) is 0 Å². The van der Waals surface area contributed by atoms with Gasteiger partial charge in [-0.3, -0.25) is 0 Å². The highest BCUT2D eigenvalue weighted by atomic mass is 17.0. The van der Waals surface area contributed by atoms with Gasteiger partial charge in [-0.05, 0) is 26.2 Å². The highest BCUT2D eigenvalue weighted by molar-refractivity contribution is 5.97. The van der Waals surface area contributed by atoms with Crippen molar-refractivity contribution < 1.29 is 30.1 Å². The number of aromatic hydroxyl groups is 2. The van der Waals surface area contributed by atoms with E-state index in [1.54, 1.807) is 37.3 Å². The Kier molecular flexibility index (Phi) is 8.86. The number of phenols is 2. The number of hydrogen-bond acceptors (Lipinski definition) is 8. The lowest BCUT2D eigenvalue weighted by Crippen LogP contribution is -2.24. The van der Waals surface area contributed by atoms with Crippen molar-refractivity contribution in [3.63, 3.8) is 0 Å². The molecule has 2 rings (SSSR count). The second kappa shape index (κ2) is 11.6. The molecule has 31 heavy (non-hydrogen) atoms. The summed E-state index contributed by atoms with van der Waals surface area (Å²) in [5.41, 5.74) is 1.20. The Bertz CT molecular complexity index is 945. The first-order chi connectivity index (χ1) is 14.8. The molecule has 0 spiro atoms. The number of hydrogen-bond donors (Lipinski definition) is 2. The number of allylic oxidation sites excluding steroid dienone is 1. The number of rotatable bonds is 13. The molecule has 2 N–H and O–H groups in total. The molecular weight excluding hydrogens is 408 g/mol. The Morgan fingerprint density at radius 2 is 1.65 bits per heavy atom. The molecule has 0 saturated carbocycles. The molecule has 0 aromatic heterocycles. The van der Waals surface area contributed by atoms with Gasteiger partial charge in [0.05, 0.1) is 0 Å².